The molecular weight excluding hydrogens is 304 g/mol. The van der Waals surface area contributed by atoms with Gasteiger partial charge in [0, 0.05) is 24.7 Å². The zero-order valence-electron chi connectivity index (χ0n) is 13.2. The van der Waals surface area contributed by atoms with Crippen LogP contribution in [0.5, 0.6) is 11.5 Å². The number of carbonyl (C=O) groups excluding carboxylic acids is 1. The van der Waals surface area contributed by atoms with Gasteiger partial charge < -0.3 is 20.1 Å². The Hall–Kier alpha value is -1.46. The summed E-state index contributed by atoms with van der Waals surface area (Å²) >= 11 is 0. The topological polar surface area (TPSA) is 64.8 Å². The van der Waals surface area contributed by atoms with Gasteiger partial charge in [-0.2, -0.15) is 0 Å². The Kier molecular flexibility index (Phi) is 7.48. The molecule has 0 radical (unpaired) electrons. The van der Waals surface area contributed by atoms with E-state index < -0.39 is 0 Å². The molecule has 0 unspecified atom stereocenters. The van der Waals surface area contributed by atoms with Crippen LogP contribution in [-0.2, 0) is 0 Å². The third kappa shape index (κ3) is 4.52. The average Bonchev–Trinajstić information content (AvgIpc) is 2.49. The molecule has 0 aliphatic carbocycles. The van der Waals surface area contributed by atoms with E-state index in [0.717, 1.165) is 19.4 Å². The Morgan fingerprint density at radius 2 is 1.95 bits per heavy atom. The summed E-state index contributed by atoms with van der Waals surface area (Å²) in [5.41, 5.74) is 6.56. The fourth-order valence-electron chi connectivity index (χ4n) is 2.56. The summed E-state index contributed by atoms with van der Waals surface area (Å²) in [6.45, 7) is 6.32. The van der Waals surface area contributed by atoms with Crippen molar-refractivity contribution in [2.24, 2.45) is 5.73 Å². The van der Waals surface area contributed by atoms with E-state index >= 15 is 0 Å². The molecule has 1 amide bonds. The minimum atomic E-state index is 0. The Bertz CT molecular complexity index is 496. The number of halogens is 1. The lowest BCUT2D eigenvalue weighted by Gasteiger charge is -2.31. The van der Waals surface area contributed by atoms with Gasteiger partial charge in [0.05, 0.1) is 13.2 Å². The van der Waals surface area contributed by atoms with Crippen molar-refractivity contribution in [1.82, 2.24) is 4.90 Å². The quantitative estimate of drug-likeness (QED) is 0.901. The molecule has 124 valence electrons. The second kappa shape index (κ2) is 8.86. The van der Waals surface area contributed by atoms with Crippen LogP contribution in [0.1, 0.15) is 37.0 Å². The van der Waals surface area contributed by atoms with E-state index in [1.807, 2.05) is 18.7 Å². The fourth-order valence-corrected chi connectivity index (χ4v) is 2.56. The molecule has 1 atom stereocenters. The molecule has 22 heavy (non-hydrogen) atoms. The van der Waals surface area contributed by atoms with Crippen molar-refractivity contribution in [3.05, 3.63) is 23.8 Å². The minimum absolute atomic E-state index is 0. The summed E-state index contributed by atoms with van der Waals surface area (Å²) in [4.78, 5) is 14.4. The third-order valence-electron chi connectivity index (χ3n) is 3.54. The fraction of sp³-hybridized carbons (Fsp3) is 0.562. The molecule has 1 fully saturated rings. The van der Waals surface area contributed by atoms with Gasteiger partial charge in [-0.25, -0.2) is 0 Å². The van der Waals surface area contributed by atoms with Crippen LogP contribution in [0.3, 0.4) is 0 Å². The normalized spacial score (nSPS) is 17.6. The maximum Gasteiger partial charge on any atom is 0.254 e. The summed E-state index contributed by atoms with van der Waals surface area (Å²) < 4.78 is 11.1. The molecule has 1 heterocycles. The van der Waals surface area contributed by atoms with Crippen molar-refractivity contribution >= 4 is 18.3 Å². The largest absolute Gasteiger partial charge is 0.490 e. The van der Waals surface area contributed by atoms with Gasteiger partial charge >= 0.3 is 0 Å². The van der Waals surface area contributed by atoms with Gasteiger partial charge in [0.2, 0.25) is 0 Å². The molecule has 0 bridgehead atoms. The van der Waals surface area contributed by atoms with Crippen LogP contribution in [0.2, 0.25) is 0 Å². The molecular formula is C16H25ClN2O3. The molecule has 1 saturated heterocycles. The SMILES string of the molecule is CCOc1ccc(C(=O)N2CCC[C@@H](N)C2)cc1OCC.Cl. The van der Waals surface area contributed by atoms with E-state index in [-0.39, 0.29) is 24.4 Å². The molecule has 1 aromatic carbocycles. The lowest BCUT2D eigenvalue weighted by atomic mass is 10.1. The third-order valence-corrected chi connectivity index (χ3v) is 3.54. The van der Waals surface area contributed by atoms with Crippen LogP contribution in [0.4, 0.5) is 0 Å². The van der Waals surface area contributed by atoms with E-state index in [2.05, 4.69) is 0 Å². The van der Waals surface area contributed by atoms with Crippen LogP contribution < -0.4 is 15.2 Å². The predicted octanol–water partition coefficient (Wildman–Crippen LogP) is 2.47. The summed E-state index contributed by atoms with van der Waals surface area (Å²) in [6.07, 6.45) is 1.94. The number of ether oxygens (including phenoxy) is 2. The van der Waals surface area contributed by atoms with Crippen LogP contribution in [0.25, 0.3) is 0 Å². The van der Waals surface area contributed by atoms with Crippen molar-refractivity contribution in [1.29, 1.82) is 0 Å². The maximum absolute atomic E-state index is 12.5. The minimum Gasteiger partial charge on any atom is -0.490 e. The van der Waals surface area contributed by atoms with Gasteiger partial charge in [0.1, 0.15) is 0 Å². The Balaban J connectivity index is 0.00000242. The second-order valence-electron chi connectivity index (χ2n) is 5.18. The summed E-state index contributed by atoms with van der Waals surface area (Å²) in [6, 6.07) is 5.43. The zero-order valence-corrected chi connectivity index (χ0v) is 14.0. The molecule has 0 saturated carbocycles. The van der Waals surface area contributed by atoms with Gasteiger partial charge in [-0.1, -0.05) is 0 Å². The van der Waals surface area contributed by atoms with Crippen LogP contribution in [0.15, 0.2) is 18.2 Å². The molecule has 0 aromatic heterocycles. The van der Waals surface area contributed by atoms with E-state index in [9.17, 15) is 4.79 Å². The van der Waals surface area contributed by atoms with E-state index in [1.165, 1.54) is 0 Å². The Labute approximate surface area is 138 Å². The van der Waals surface area contributed by atoms with Crippen molar-refractivity contribution in [2.75, 3.05) is 26.3 Å². The lowest BCUT2D eigenvalue weighted by Crippen LogP contribution is -2.45. The van der Waals surface area contributed by atoms with Crippen molar-refractivity contribution in [2.45, 2.75) is 32.7 Å². The standard InChI is InChI=1S/C16H24N2O3.ClH/c1-3-20-14-8-7-12(10-15(14)21-4-2)16(19)18-9-5-6-13(17)11-18;/h7-8,10,13H,3-6,9,11,17H2,1-2H3;1H/t13-;/m1./s1. The summed E-state index contributed by atoms with van der Waals surface area (Å²) in [5, 5.41) is 0. The number of benzene rings is 1. The Morgan fingerprint density at radius 3 is 2.59 bits per heavy atom. The van der Waals surface area contributed by atoms with E-state index in [4.69, 9.17) is 15.2 Å². The number of hydrogen-bond donors (Lipinski definition) is 1. The van der Waals surface area contributed by atoms with Gasteiger partial charge in [-0.3, -0.25) is 4.79 Å². The molecule has 1 aromatic rings. The first-order valence-corrected chi connectivity index (χ1v) is 7.60. The smallest absolute Gasteiger partial charge is 0.254 e. The summed E-state index contributed by atoms with van der Waals surface area (Å²) in [7, 11) is 0. The highest BCUT2D eigenvalue weighted by atomic mass is 35.5. The molecule has 6 heteroatoms. The monoisotopic (exact) mass is 328 g/mol. The summed E-state index contributed by atoms with van der Waals surface area (Å²) in [5.74, 6) is 1.30. The number of rotatable bonds is 5. The molecule has 5 nitrogen and oxygen atoms in total. The predicted molar refractivity (Wildman–Crippen MR) is 89.1 cm³/mol. The molecule has 1 aliphatic rings. The van der Waals surface area contributed by atoms with Crippen molar-refractivity contribution in [3.63, 3.8) is 0 Å². The first-order chi connectivity index (χ1) is 10.2. The van der Waals surface area contributed by atoms with Gasteiger partial charge in [-0.05, 0) is 44.9 Å². The number of nitrogens with zero attached hydrogens (tertiary/aromatic N) is 1. The molecule has 2 rings (SSSR count). The van der Waals surface area contributed by atoms with Gasteiger partial charge in [0.25, 0.3) is 5.91 Å². The number of hydrogen-bond acceptors (Lipinski definition) is 4. The number of piperidine rings is 1. The lowest BCUT2D eigenvalue weighted by molar-refractivity contribution is 0.0708. The van der Waals surface area contributed by atoms with Crippen molar-refractivity contribution in [3.8, 4) is 11.5 Å². The van der Waals surface area contributed by atoms with E-state index in [1.54, 1.807) is 18.2 Å². The van der Waals surface area contributed by atoms with E-state index in [0.29, 0.717) is 36.8 Å². The highest BCUT2D eigenvalue weighted by Crippen LogP contribution is 2.29. The molecule has 1 aliphatic heterocycles. The van der Waals surface area contributed by atoms with Crippen LogP contribution in [0, 0.1) is 0 Å². The maximum atomic E-state index is 12.5. The number of carbonyl (C=O) groups is 1. The highest BCUT2D eigenvalue weighted by Gasteiger charge is 2.23. The number of likely N-dealkylation sites (tertiary alicyclic amines) is 1. The second-order valence-corrected chi connectivity index (χ2v) is 5.18. The number of amides is 1. The Morgan fingerprint density at radius 1 is 1.27 bits per heavy atom. The van der Waals surface area contributed by atoms with Crippen LogP contribution in [-0.4, -0.2) is 43.2 Å². The highest BCUT2D eigenvalue weighted by molar-refractivity contribution is 5.95. The van der Waals surface area contributed by atoms with Crippen LogP contribution >= 0.6 is 12.4 Å². The van der Waals surface area contributed by atoms with Crippen molar-refractivity contribution < 1.29 is 14.3 Å². The first-order valence-electron chi connectivity index (χ1n) is 7.60. The average molecular weight is 329 g/mol. The van der Waals surface area contributed by atoms with Gasteiger partial charge in [0.15, 0.2) is 11.5 Å². The zero-order chi connectivity index (χ0) is 15.2. The molecule has 2 N–H and O–H groups in total. The number of nitrogens with two attached hydrogens (primary N) is 1. The first kappa shape index (κ1) is 18.6. The molecule has 0 spiro atoms. The van der Waals surface area contributed by atoms with Gasteiger partial charge in [-0.15, -0.1) is 12.4 Å².